The van der Waals surface area contributed by atoms with E-state index in [1.807, 2.05) is 0 Å². The third-order valence-electron chi connectivity index (χ3n) is 3.58. The fourth-order valence-electron chi connectivity index (χ4n) is 2.29. The molecule has 1 rings (SSSR count). The van der Waals surface area contributed by atoms with Crippen molar-refractivity contribution in [3.8, 4) is 0 Å². The first-order valence-corrected chi connectivity index (χ1v) is 6.10. The van der Waals surface area contributed by atoms with Gasteiger partial charge in [0, 0.05) is 0 Å². The summed E-state index contributed by atoms with van der Waals surface area (Å²) in [6.07, 6.45) is -0.347. The van der Waals surface area contributed by atoms with Crippen LogP contribution in [-0.4, -0.2) is 5.11 Å². The van der Waals surface area contributed by atoms with Crippen LogP contribution in [0.3, 0.4) is 0 Å². The fraction of sp³-hybridized carbons (Fsp3) is 0.600. The van der Waals surface area contributed by atoms with Crippen LogP contribution in [0.15, 0.2) is 12.1 Å². The van der Waals surface area contributed by atoms with Crippen LogP contribution in [0.1, 0.15) is 49.1 Å². The molecule has 2 atom stereocenters. The Morgan fingerprint density at radius 1 is 0.938 bits per heavy atom. The van der Waals surface area contributed by atoms with Gasteiger partial charge in [0.25, 0.3) is 0 Å². The first-order valence-electron chi connectivity index (χ1n) is 6.10. The van der Waals surface area contributed by atoms with Crippen LogP contribution in [0.2, 0.25) is 0 Å². The normalized spacial score (nSPS) is 15.2. The van der Waals surface area contributed by atoms with Crippen LogP contribution >= 0.6 is 0 Å². The molecule has 0 aromatic heterocycles. The van der Waals surface area contributed by atoms with E-state index in [2.05, 4.69) is 53.7 Å². The lowest BCUT2D eigenvalue weighted by atomic mass is 9.84. The van der Waals surface area contributed by atoms with E-state index in [4.69, 9.17) is 0 Å². The molecule has 0 aliphatic carbocycles. The third-order valence-corrected chi connectivity index (χ3v) is 3.58. The quantitative estimate of drug-likeness (QED) is 0.818. The lowest BCUT2D eigenvalue weighted by molar-refractivity contribution is 0.0910. The molecule has 16 heavy (non-hydrogen) atoms. The number of rotatable bonds is 3. The molecule has 2 unspecified atom stereocenters. The van der Waals surface area contributed by atoms with Crippen LogP contribution in [0.25, 0.3) is 0 Å². The number of aliphatic hydroxyl groups is 1. The van der Waals surface area contributed by atoms with Crippen LogP contribution in [0.5, 0.6) is 0 Å². The van der Waals surface area contributed by atoms with Crippen molar-refractivity contribution in [2.75, 3.05) is 0 Å². The molecule has 0 aliphatic rings. The zero-order valence-corrected chi connectivity index (χ0v) is 11.3. The second-order valence-electron chi connectivity index (χ2n) is 5.36. The summed E-state index contributed by atoms with van der Waals surface area (Å²) in [6.45, 7) is 12.7. The molecule has 1 N–H and O–H groups in total. The van der Waals surface area contributed by atoms with Crippen molar-refractivity contribution < 1.29 is 5.11 Å². The summed E-state index contributed by atoms with van der Waals surface area (Å²) in [7, 11) is 0. The first-order chi connectivity index (χ1) is 7.34. The summed E-state index contributed by atoms with van der Waals surface area (Å²) in [5.41, 5.74) is 4.80. The molecule has 0 amide bonds. The smallest absolute Gasteiger partial charge is 0.0823 e. The lowest BCUT2D eigenvalue weighted by Crippen LogP contribution is -2.17. The Kier molecular flexibility index (Phi) is 4.15. The molecular formula is C15H24O. The van der Waals surface area contributed by atoms with Crippen molar-refractivity contribution in [2.24, 2.45) is 11.8 Å². The number of aryl methyl sites for hydroxylation is 3. The molecule has 0 heterocycles. The predicted molar refractivity (Wildman–Crippen MR) is 69.6 cm³/mol. The van der Waals surface area contributed by atoms with E-state index in [0.29, 0.717) is 11.8 Å². The molecule has 0 aliphatic heterocycles. The van der Waals surface area contributed by atoms with Gasteiger partial charge in [-0.15, -0.1) is 0 Å². The number of benzene rings is 1. The second-order valence-corrected chi connectivity index (χ2v) is 5.36. The van der Waals surface area contributed by atoms with Gasteiger partial charge in [-0.05, 0) is 49.3 Å². The van der Waals surface area contributed by atoms with Crippen molar-refractivity contribution in [1.29, 1.82) is 0 Å². The van der Waals surface area contributed by atoms with Gasteiger partial charge in [-0.3, -0.25) is 0 Å². The first kappa shape index (κ1) is 13.2. The van der Waals surface area contributed by atoms with Crippen molar-refractivity contribution in [2.45, 2.75) is 47.6 Å². The lowest BCUT2D eigenvalue weighted by Gasteiger charge is -2.25. The summed E-state index contributed by atoms with van der Waals surface area (Å²) >= 11 is 0. The van der Waals surface area contributed by atoms with Crippen molar-refractivity contribution in [3.63, 3.8) is 0 Å². The molecule has 0 radical (unpaired) electrons. The summed E-state index contributed by atoms with van der Waals surface area (Å²) in [4.78, 5) is 0. The van der Waals surface area contributed by atoms with Crippen LogP contribution in [0.4, 0.5) is 0 Å². The van der Waals surface area contributed by atoms with Gasteiger partial charge < -0.3 is 5.11 Å². The zero-order chi connectivity index (χ0) is 12.5. The maximum atomic E-state index is 10.4. The second kappa shape index (κ2) is 5.01. The monoisotopic (exact) mass is 220 g/mol. The van der Waals surface area contributed by atoms with Crippen molar-refractivity contribution in [1.82, 2.24) is 0 Å². The fourth-order valence-corrected chi connectivity index (χ4v) is 2.29. The molecule has 1 nitrogen and oxygen atoms in total. The summed E-state index contributed by atoms with van der Waals surface area (Å²) in [6, 6.07) is 4.30. The highest BCUT2D eigenvalue weighted by atomic mass is 16.3. The van der Waals surface area contributed by atoms with E-state index < -0.39 is 0 Å². The SMILES string of the molecule is Cc1cc(C)c(C(O)C(C)C(C)C)c(C)c1. The van der Waals surface area contributed by atoms with Gasteiger partial charge in [-0.2, -0.15) is 0 Å². The van der Waals surface area contributed by atoms with Gasteiger partial charge in [-0.1, -0.05) is 38.5 Å². The predicted octanol–water partition coefficient (Wildman–Crippen LogP) is 3.94. The zero-order valence-electron chi connectivity index (χ0n) is 11.3. The summed E-state index contributed by atoms with van der Waals surface area (Å²) < 4.78 is 0. The van der Waals surface area contributed by atoms with E-state index >= 15 is 0 Å². The van der Waals surface area contributed by atoms with Gasteiger partial charge in [0.05, 0.1) is 6.10 Å². The minimum absolute atomic E-state index is 0.292. The molecule has 0 spiro atoms. The van der Waals surface area contributed by atoms with Gasteiger partial charge in [0.1, 0.15) is 0 Å². The summed E-state index contributed by atoms with van der Waals surface area (Å²) in [5, 5.41) is 10.4. The molecule has 1 heteroatoms. The number of aliphatic hydroxyl groups excluding tert-OH is 1. The van der Waals surface area contributed by atoms with Gasteiger partial charge in [-0.25, -0.2) is 0 Å². The van der Waals surface area contributed by atoms with Crippen LogP contribution in [-0.2, 0) is 0 Å². The highest BCUT2D eigenvalue weighted by Gasteiger charge is 2.22. The van der Waals surface area contributed by atoms with E-state index in [1.54, 1.807) is 0 Å². The highest BCUT2D eigenvalue weighted by molar-refractivity contribution is 5.39. The Morgan fingerprint density at radius 3 is 1.75 bits per heavy atom. The maximum Gasteiger partial charge on any atom is 0.0823 e. The maximum absolute atomic E-state index is 10.4. The summed E-state index contributed by atoms with van der Waals surface area (Å²) in [5.74, 6) is 0.787. The Morgan fingerprint density at radius 2 is 1.38 bits per heavy atom. The number of hydrogen-bond acceptors (Lipinski definition) is 1. The van der Waals surface area contributed by atoms with Gasteiger partial charge >= 0.3 is 0 Å². The Bertz CT molecular complexity index is 343. The Hall–Kier alpha value is -0.820. The standard InChI is InChI=1S/C15H24O/c1-9(2)13(6)15(16)14-11(4)7-10(3)8-12(14)5/h7-9,13,15-16H,1-6H3. The molecule has 90 valence electrons. The minimum Gasteiger partial charge on any atom is -0.388 e. The Labute approximate surface area is 99.5 Å². The molecule has 0 fully saturated rings. The van der Waals surface area contributed by atoms with Crippen molar-refractivity contribution >= 4 is 0 Å². The van der Waals surface area contributed by atoms with E-state index in [0.717, 1.165) is 5.56 Å². The largest absolute Gasteiger partial charge is 0.388 e. The number of hydrogen-bond donors (Lipinski definition) is 1. The average Bonchev–Trinajstić information content (AvgIpc) is 2.14. The van der Waals surface area contributed by atoms with Gasteiger partial charge in [0.15, 0.2) is 0 Å². The van der Waals surface area contributed by atoms with Gasteiger partial charge in [0.2, 0.25) is 0 Å². The molecule has 0 saturated carbocycles. The highest BCUT2D eigenvalue weighted by Crippen LogP contribution is 2.32. The third kappa shape index (κ3) is 2.65. The molecule has 0 saturated heterocycles. The average molecular weight is 220 g/mol. The van der Waals surface area contributed by atoms with Crippen molar-refractivity contribution in [3.05, 3.63) is 34.4 Å². The van der Waals surface area contributed by atoms with E-state index in [9.17, 15) is 5.11 Å². The molecule has 0 bridgehead atoms. The van der Waals surface area contributed by atoms with Crippen LogP contribution < -0.4 is 0 Å². The molecule has 1 aromatic rings. The minimum atomic E-state index is -0.347. The Balaban J connectivity index is 3.13. The topological polar surface area (TPSA) is 20.2 Å². The molecular weight excluding hydrogens is 196 g/mol. The van der Waals surface area contributed by atoms with E-state index in [1.165, 1.54) is 16.7 Å². The van der Waals surface area contributed by atoms with Crippen LogP contribution in [0, 0.1) is 32.6 Å². The molecule has 1 aromatic carbocycles. The van der Waals surface area contributed by atoms with E-state index in [-0.39, 0.29) is 6.10 Å².